The van der Waals surface area contributed by atoms with Gasteiger partial charge < -0.3 is 4.74 Å². The first kappa shape index (κ1) is 15.0. The average molecular weight is 274 g/mol. The molecular formula is C13H19FO3S. The highest BCUT2D eigenvalue weighted by Gasteiger charge is 2.26. The molecular weight excluding hydrogens is 255 g/mol. The van der Waals surface area contributed by atoms with Crippen LogP contribution in [0.1, 0.15) is 33.1 Å². The molecule has 18 heavy (non-hydrogen) atoms. The summed E-state index contributed by atoms with van der Waals surface area (Å²) in [5.41, 5.74) is 0. The Hall–Kier alpha value is -1.10. The molecule has 0 saturated carbocycles. The smallest absolute Gasteiger partial charge is 0.181 e. The van der Waals surface area contributed by atoms with Crippen molar-refractivity contribution in [2.75, 3.05) is 7.11 Å². The van der Waals surface area contributed by atoms with E-state index in [0.717, 1.165) is 12.5 Å². The van der Waals surface area contributed by atoms with Crippen LogP contribution in [0.4, 0.5) is 4.39 Å². The van der Waals surface area contributed by atoms with Crippen LogP contribution in [0.3, 0.4) is 0 Å². The second-order valence-corrected chi connectivity index (χ2v) is 6.39. The van der Waals surface area contributed by atoms with Crippen LogP contribution in [0.15, 0.2) is 23.1 Å². The van der Waals surface area contributed by atoms with E-state index in [9.17, 15) is 12.8 Å². The number of hydrogen-bond acceptors (Lipinski definition) is 3. The Bertz CT molecular complexity index is 497. The highest BCUT2D eigenvalue weighted by atomic mass is 32.2. The highest BCUT2D eigenvalue weighted by Crippen LogP contribution is 2.26. The summed E-state index contributed by atoms with van der Waals surface area (Å²) in [6, 6.07) is 3.68. The minimum absolute atomic E-state index is 0.0394. The zero-order valence-electron chi connectivity index (χ0n) is 10.9. The van der Waals surface area contributed by atoms with Gasteiger partial charge in [0.1, 0.15) is 0 Å². The first-order valence-electron chi connectivity index (χ1n) is 6.04. The predicted octanol–water partition coefficient (Wildman–Crippen LogP) is 3.19. The van der Waals surface area contributed by atoms with Crippen LogP contribution >= 0.6 is 0 Å². The zero-order valence-corrected chi connectivity index (χ0v) is 11.8. The van der Waals surface area contributed by atoms with E-state index >= 15 is 0 Å². The van der Waals surface area contributed by atoms with Crippen LogP contribution in [0.2, 0.25) is 0 Å². The number of benzene rings is 1. The molecule has 0 aliphatic heterocycles. The van der Waals surface area contributed by atoms with Gasteiger partial charge in [0.05, 0.1) is 17.3 Å². The number of ether oxygens (including phenoxy) is 1. The lowest BCUT2D eigenvalue weighted by Crippen LogP contribution is -2.20. The predicted molar refractivity (Wildman–Crippen MR) is 69.1 cm³/mol. The second kappa shape index (κ2) is 6.18. The average Bonchev–Trinajstić information content (AvgIpc) is 2.35. The molecule has 1 aromatic rings. The van der Waals surface area contributed by atoms with E-state index in [2.05, 4.69) is 0 Å². The van der Waals surface area contributed by atoms with E-state index in [0.29, 0.717) is 12.8 Å². The van der Waals surface area contributed by atoms with Gasteiger partial charge >= 0.3 is 0 Å². The maximum absolute atomic E-state index is 13.3. The number of hydrogen-bond donors (Lipinski definition) is 0. The van der Waals surface area contributed by atoms with Crippen LogP contribution < -0.4 is 4.74 Å². The van der Waals surface area contributed by atoms with E-state index in [-0.39, 0.29) is 10.6 Å². The minimum atomic E-state index is -3.41. The third kappa shape index (κ3) is 3.02. The number of sulfone groups is 1. The lowest BCUT2D eigenvalue weighted by molar-refractivity contribution is 0.385. The van der Waals surface area contributed by atoms with E-state index in [1.165, 1.54) is 19.2 Å². The van der Waals surface area contributed by atoms with Crippen molar-refractivity contribution in [3.05, 3.63) is 24.0 Å². The minimum Gasteiger partial charge on any atom is -0.494 e. The molecule has 0 amide bonds. The van der Waals surface area contributed by atoms with E-state index < -0.39 is 20.9 Å². The summed E-state index contributed by atoms with van der Waals surface area (Å²) < 4.78 is 42.8. The fraction of sp³-hybridized carbons (Fsp3) is 0.538. The Kier molecular flexibility index (Phi) is 5.14. The first-order valence-corrected chi connectivity index (χ1v) is 7.59. The van der Waals surface area contributed by atoms with E-state index in [1.54, 1.807) is 0 Å². The Morgan fingerprint density at radius 3 is 2.50 bits per heavy atom. The molecule has 102 valence electrons. The molecule has 1 rings (SSSR count). The van der Waals surface area contributed by atoms with Gasteiger partial charge in [-0.3, -0.25) is 0 Å². The van der Waals surface area contributed by atoms with Crippen molar-refractivity contribution in [1.29, 1.82) is 0 Å². The van der Waals surface area contributed by atoms with Gasteiger partial charge in [-0.1, -0.05) is 20.3 Å². The molecule has 0 saturated heterocycles. The molecule has 0 fully saturated rings. The lowest BCUT2D eigenvalue weighted by Gasteiger charge is -2.15. The second-order valence-electron chi connectivity index (χ2n) is 4.16. The van der Waals surface area contributed by atoms with Crippen molar-refractivity contribution in [3.63, 3.8) is 0 Å². The van der Waals surface area contributed by atoms with E-state index in [1.807, 2.05) is 13.8 Å². The SMILES string of the molecule is CCCC(CC)S(=O)(=O)c1ccc(F)c(OC)c1. The van der Waals surface area contributed by atoms with Crippen molar-refractivity contribution in [2.24, 2.45) is 0 Å². The fourth-order valence-corrected chi connectivity index (χ4v) is 3.81. The van der Waals surface area contributed by atoms with Gasteiger partial charge in [0.25, 0.3) is 0 Å². The van der Waals surface area contributed by atoms with Gasteiger partial charge in [-0.2, -0.15) is 0 Å². The quantitative estimate of drug-likeness (QED) is 0.748. The number of methoxy groups -OCH3 is 1. The van der Waals surface area contributed by atoms with Crippen LogP contribution in [0, 0.1) is 5.82 Å². The molecule has 0 aromatic heterocycles. The van der Waals surface area contributed by atoms with Gasteiger partial charge in [-0.25, -0.2) is 12.8 Å². The van der Waals surface area contributed by atoms with Crippen molar-refractivity contribution >= 4 is 9.84 Å². The molecule has 1 unspecified atom stereocenters. The Morgan fingerprint density at radius 2 is 2.00 bits per heavy atom. The summed E-state index contributed by atoms with van der Waals surface area (Å²) in [4.78, 5) is 0.126. The van der Waals surface area contributed by atoms with Gasteiger partial charge in [0.2, 0.25) is 0 Å². The lowest BCUT2D eigenvalue weighted by atomic mass is 10.2. The highest BCUT2D eigenvalue weighted by molar-refractivity contribution is 7.92. The monoisotopic (exact) mass is 274 g/mol. The Morgan fingerprint density at radius 1 is 1.33 bits per heavy atom. The molecule has 1 aromatic carbocycles. The fourth-order valence-electron chi connectivity index (χ4n) is 1.91. The number of rotatable bonds is 6. The molecule has 1 atom stereocenters. The van der Waals surface area contributed by atoms with Crippen LogP contribution in [-0.2, 0) is 9.84 Å². The maximum Gasteiger partial charge on any atom is 0.181 e. The van der Waals surface area contributed by atoms with Gasteiger partial charge in [0.15, 0.2) is 21.4 Å². The summed E-state index contributed by atoms with van der Waals surface area (Å²) in [5.74, 6) is -0.595. The molecule has 5 heteroatoms. The van der Waals surface area contributed by atoms with E-state index in [4.69, 9.17) is 4.74 Å². The molecule has 0 aliphatic carbocycles. The Balaban J connectivity index is 3.19. The van der Waals surface area contributed by atoms with Gasteiger partial charge in [-0.05, 0) is 25.0 Å². The molecule has 0 radical (unpaired) electrons. The standard InChI is InChI=1S/C13H19FO3S/c1-4-6-10(5-2)18(15,16)11-7-8-12(14)13(9-11)17-3/h7-10H,4-6H2,1-3H3. The number of halogens is 1. The molecule has 0 bridgehead atoms. The third-order valence-corrected chi connectivity index (χ3v) is 5.31. The summed E-state index contributed by atoms with van der Waals surface area (Å²) >= 11 is 0. The van der Waals surface area contributed by atoms with Gasteiger partial charge in [0, 0.05) is 6.07 Å². The maximum atomic E-state index is 13.3. The summed E-state index contributed by atoms with van der Waals surface area (Å²) in [5, 5.41) is -0.419. The molecule has 0 spiro atoms. The van der Waals surface area contributed by atoms with Crippen LogP contribution in [0.25, 0.3) is 0 Å². The largest absolute Gasteiger partial charge is 0.494 e. The normalized spacial score (nSPS) is 13.3. The summed E-state index contributed by atoms with van der Waals surface area (Å²) in [6.07, 6.45) is 1.96. The Labute approximate surface area is 108 Å². The van der Waals surface area contributed by atoms with Crippen molar-refractivity contribution in [2.45, 2.75) is 43.3 Å². The van der Waals surface area contributed by atoms with Gasteiger partial charge in [-0.15, -0.1) is 0 Å². The molecule has 0 heterocycles. The first-order chi connectivity index (χ1) is 8.47. The molecule has 0 N–H and O–H groups in total. The van der Waals surface area contributed by atoms with Crippen molar-refractivity contribution < 1.29 is 17.5 Å². The van der Waals surface area contributed by atoms with Crippen molar-refractivity contribution in [3.8, 4) is 5.75 Å². The molecule has 3 nitrogen and oxygen atoms in total. The van der Waals surface area contributed by atoms with Crippen LogP contribution in [-0.4, -0.2) is 20.8 Å². The summed E-state index contributed by atoms with van der Waals surface area (Å²) in [7, 11) is -2.09. The van der Waals surface area contributed by atoms with Crippen LogP contribution in [0.5, 0.6) is 5.75 Å². The molecule has 0 aliphatic rings. The zero-order chi connectivity index (χ0) is 13.8. The topological polar surface area (TPSA) is 43.4 Å². The third-order valence-electron chi connectivity index (χ3n) is 2.96. The van der Waals surface area contributed by atoms with Crippen molar-refractivity contribution in [1.82, 2.24) is 0 Å². The summed E-state index contributed by atoms with van der Waals surface area (Å²) in [6.45, 7) is 3.79.